The molecule has 47 heavy (non-hydrogen) atoms. The van der Waals surface area contributed by atoms with E-state index in [1.54, 1.807) is 24.3 Å². The minimum atomic E-state index is -4.56. The number of halogens is 1. The molecule has 3 heterocycles. The van der Waals surface area contributed by atoms with Gasteiger partial charge in [0, 0.05) is 18.0 Å². The molecule has 252 valence electrons. The normalized spacial score (nSPS) is 18.5. The number of benzene rings is 2. The summed E-state index contributed by atoms with van der Waals surface area (Å²) in [5.74, 6) is 0.697. The number of thiophene rings is 1. The van der Waals surface area contributed by atoms with Gasteiger partial charge in [-0.1, -0.05) is 35.4 Å². The summed E-state index contributed by atoms with van der Waals surface area (Å²) in [7, 11) is -9.11. The first-order valence-electron chi connectivity index (χ1n) is 15.2. The Hall–Kier alpha value is -2.69. The molecule has 0 amide bonds. The lowest BCUT2D eigenvalue weighted by atomic mass is 9.63. The Bertz CT molecular complexity index is 1970. The van der Waals surface area contributed by atoms with Gasteiger partial charge in [-0.15, -0.1) is 11.3 Å². The van der Waals surface area contributed by atoms with Crippen LogP contribution in [-0.2, 0) is 43.4 Å². The van der Waals surface area contributed by atoms with Crippen LogP contribution in [0.4, 0.5) is 5.82 Å². The summed E-state index contributed by atoms with van der Waals surface area (Å²) in [6.07, 6.45) is 1.72. The highest BCUT2D eigenvalue weighted by atomic mass is 35.5. The molecule has 0 radical (unpaired) electrons. The van der Waals surface area contributed by atoms with E-state index in [9.17, 15) is 31.0 Å². The average molecular weight is 722 g/mol. The van der Waals surface area contributed by atoms with Crippen LogP contribution in [0.25, 0.3) is 10.2 Å². The summed E-state index contributed by atoms with van der Waals surface area (Å²) in [5.41, 5.74) is 1.05. The molecule has 0 spiro atoms. The van der Waals surface area contributed by atoms with Crippen molar-refractivity contribution >= 4 is 59.2 Å². The minimum Gasteiger partial charge on any atom is -0.384 e. The largest absolute Gasteiger partial charge is 0.384 e. The number of aliphatic hydroxyl groups is 1. The van der Waals surface area contributed by atoms with Crippen LogP contribution in [0, 0.1) is 19.3 Å². The van der Waals surface area contributed by atoms with E-state index >= 15 is 0 Å². The maximum Gasteiger partial charge on any atom is 0.294 e. The number of ether oxygens (including phenoxy) is 1. The Balaban J connectivity index is 1.39. The Morgan fingerprint density at radius 3 is 1.89 bits per heavy atom. The fourth-order valence-corrected chi connectivity index (χ4v) is 9.80. The average Bonchev–Trinajstić information content (AvgIpc) is 3.43. The molecule has 2 fully saturated rings. The summed E-state index contributed by atoms with van der Waals surface area (Å²) >= 11 is 7.73. The molecule has 1 saturated heterocycles. The van der Waals surface area contributed by atoms with Crippen LogP contribution < -0.4 is 4.90 Å². The van der Waals surface area contributed by atoms with Crippen LogP contribution in [0.2, 0.25) is 5.28 Å². The van der Waals surface area contributed by atoms with Gasteiger partial charge in [-0.2, -0.15) is 21.8 Å². The second-order valence-corrected chi connectivity index (χ2v) is 17.0. The van der Waals surface area contributed by atoms with Crippen molar-refractivity contribution < 1.29 is 35.8 Å². The van der Waals surface area contributed by atoms with Gasteiger partial charge in [0.15, 0.2) is 5.82 Å². The third kappa shape index (κ3) is 7.20. The molecule has 0 unspecified atom stereocenters. The first kappa shape index (κ1) is 34.2. The lowest BCUT2D eigenvalue weighted by Crippen LogP contribution is -2.39. The van der Waals surface area contributed by atoms with Crippen LogP contribution >= 0.6 is 22.9 Å². The number of hydrogen-bond acceptors (Lipinski definition) is 10. The molecule has 0 atom stereocenters. The third-order valence-electron chi connectivity index (χ3n) is 9.35. The van der Waals surface area contributed by atoms with E-state index in [0.29, 0.717) is 66.5 Å². The second kappa shape index (κ2) is 12.6. The highest BCUT2D eigenvalue weighted by Gasteiger charge is 2.45. The zero-order valence-electron chi connectivity index (χ0n) is 25.9. The Kier molecular flexibility index (Phi) is 9.19. The molecule has 11 nitrogen and oxygen atoms in total. The minimum absolute atomic E-state index is 0.110. The number of hydrogen-bond donors (Lipinski definition) is 3. The maximum atomic E-state index is 12.4. The predicted octanol–water partition coefficient (Wildman–Crippen LogP) is 5.52. The zero-order valence-corrected chi connectivity index (χ0v) is 29.1. The van der Waals surface area contributed by atoms with Crippen molar-refractivity contribution in [2.24, 2.45) is 5.41 Å². The van der Waals surface area contributed by atoms with Crippen LogP contribution in [0.3, 0.4) is 0 Å². The summed E-state index contributed by atoms with van der Waals surface area (Å²) in [6, 6.07) is 11.2. The van der Waals surface area contributed by atoms with Crippen molar-refractivity contribution in [3.63, 3.8) is 0 Å². The van der Waals surface area contributed by atoms with Crippen molar-refractivity contribution in [3.8, 4) is 0 Å². The number of morpholine rings is 1. The van der Waals surface area contributed by atoms with Crippen molar-refractivity contribution in [1.29, 1.82) is 0 Å². The van der Waals surface area contributed by atoms with E-state index in [0.717, 1.165) is 15.8 Å². The van der Waals surface area contributed by atoms with Gasteiger partial charge in [-0.25, -0.2) is 4.98 Å². The SMILES string of the molecule is Cc1ccc(S(=O)(=O)O)c(CC2(Cc3cc(C)ccc3S(=O)(=O)O)CCC(O)(c3cc4nc(Cl)nc(N5CCOCC5)c4s3)CC2)c1. The van der Waals surface area contributed by atoms with Crippen LogP contribution in [-0.4, -0.2) is 67.3 Å². The van der Waals surface area contributed by atoms with Gasteiger partial charge in [-0.3, -0.25) is 9.11 Å². The lowest BCUT2D eigenvalue weighted by Gasteiger charge is -2.44. The molecule has 2 aliphatic rings. The number of rotatable bonds is 8. The molecular weight excluding hydrogens is 686 g/mol. The number of aromatic nitrogens is 2. The molecule has 1 aliphatic carbocycles. The van der Waals surface area contributed by atoms with E-state index in [1.165, 1.54) is 23.5 Å². The standard InChI is InChI=1S/C32H36ClN3O8S3/c1-20-3-5-25(46(38,39)40)22(15-20)18-31(19-23-16-21(2)4-6-26(23)47(41,42)43)7-9-32(37,10-8-31)27-17-24-28(45-27)29(35-30(33)34-24)36-11-13-44-14-12-36/h3-6,15-17,37H,7-14,18-19H2,1-2H3,(H,38,39,40)(H,41,42,43). The summed E-state index contributed by atoms with van der Waals surface area (Å²) in [4.78, 5) is 11.3. The molecule has 1 aliphatic heterocycles. The summed E-state index contributed by atoms with van der Waals surface area (Å²) in [5, 5.41) is 12.3. The highest BCUT2D eigenvalue weighted by Crippen LogP contribution is 2.52. The molecule has 2 aromatic carbocycles. The maximum absolute atomic E-state index is 12.4. The third-order valence-corrected chi connectivity index (χ3v) is 12.7. The Morgan fingerprint density at radius 1 is 0.851 bits per heavy atom. The van der Waals surface area contributed by atoms with E-state index in [2.05, 4.69) is 14.9 Å². The van der Waals surface area contributed by atoms with Gasteiger partial charge < -0.3 is 14.7 Å². The van der Waals surface area contributed by atoms with Crippen molar-refractivity contribution in [2.75, 3.05) is 31.2 Å². The van der Waals surface area contributed by atoms with Gasteiger partial charge in [0.25, 0.3) is 20.2 Å². The molecule has 3 N–H and O–H groups in total. The molecule has 0 bridgehead atoms. The molecule has 2 aromatic heterocycles. The Labute approximate surface area is 283 Å². The smallest absolute Gasteiger partial charge is 0.294 e. The van der Waals surface area contributed by atoms with Gasteiger partial charge in [0.1, 0.15) is 0 Å². The van der Waals surface area contributed by atoms with E-state index in [-0.39, 0.29) is 40.8 Å². The topological polar surface area (TPSA) is 167 Å². The van der Waals surface area contributed by atoms with Crippen LogP contribution in [0.15, 0.2) is 52.3 Å². The van der Waals surface area contributed by atoms with Crippen molar-refractivity contribution in [2.45, 2.75) is 67.8 Å². The summed E-state index contributed by atoms with van der Waals surface area (Å²) < 4.78 is 76.1. The second-order valence-electron chi connectivity index (χ2n) is 12.8. The van der Waals surface area contributed by atoms with Crippen molar-refractivity contribution in [3.05, 3.63) is 74.9 Å². The Morgan fingerprint density at radius 2 is 1.38 bits per heavy atom. The zero-order chi connectivity index (χ0) is 33.8. The van der Waals surface area contributed by atoms with E-state index < -0.39 is 31.3 Å². The fourth-order valence-electron chi connectivity index (χ4n) is 6.97. The first-order chi connectivity index (χ1) is 22.1. The highest BCUT2D eigenvalue weighted by molar-refractivity contribution is 7.86. The van der Waals surface area contributed by atoms with Gasteiger partial charge >= 0.3 is 0 Å². The van der Waals surface area contributed by atoms with E-state index in [4.69, 9.17) is 16.3 Å². The van der Waals surface area contributed by atoms with Crippen LogP contribution in [0.1, 0.15) is 52.8 Å². The predicted molar refractivity (Wildman–Crippen MR) is 180 cm³/mol. The van der Waals surface area contributed by atoms with Gasteiger partial charge in [0.05, 0.1) is 38.8 Å². The first-order valence-corrected chi connectivity index (χ1v) is 19.3. The quantitative estimate of drug-likeness (QED) is 0.155. The number of anilines is 1. The van der Waals surface area contributed by atoms with Gasteiger partial charge in [-0.05, 0) is 98.7 Å². The number of nitrogens with zero attached hydrogens (tertiary/aromatic N) is 3. The number of aryl methyl sites for hydroxylation is 2. The molecule has 6 rings (SSSR count). The molecule has 15 heteroatoms. The monoisotopic (exact) mass is 721 g/mol. The van der Waals surface area contributed by atoms with Crippen LogP contribution in [0.5, 0.6) is 0 Å². The lowest BCUT2D eigenvalue weighted by molar-refractivity contribution is -0.0368. The van der Waals surface area contributed by atoms with Gasteiger partial charge in [0.2, 0.25) is 5.28 Å². The fraction of sp³-hybridized carbons (Fsp3) is 0.438. The summed E-state index contributed by atoms with van der Waals surface area (Å²) in [6.45, 7) is 6.07. The molecular formula is C32H36ClN3O8S3. The molecule has 1 saturated carbocycles. The number of fused-ring (bicyclic) bond motifs is 1. The molecule has 4 aromatic rings. The van der Waals surface area contributed by atoms with Crippen molar-refractivity contribution in [1.82, 2.24) is 9.97 Å². The van der Waals surface area contributed by atoms with E-state index in [1.807, 2.05) is 19.9 Å².